The molecular formula is C15H13BrN2O3. The van der Waals surface area contributed by atoms with Crippen LogP contribution in [0.2, 0.25) is 0 Å². The number of benzene rings is 2. The average molecular weight is 349 g/mol. The molecule has 0 aliphatic heterocycles. The van der Waals surface area contributed by atoms with Crippen molar-refractivity contribution in [3.8, 4) is 5.75 Å². The molecule has 0 fully saturated rings. The summed E-state index contributed by atoms with van der Waals surface area (Å²) in [5.41, 5.74) is 0.553. The van der Waals surface area contributed by atoms with Crippen LogP contribution in [0.1, 0.15) is 20.7 Å². The van der Waals surface area contributed by atoms with Gasteiger partial charge >= 0.3 is 0 Å². The number of hydrogen-bond donors (Lipinski definition) is 1. The Hall–Kier alpha value is -2.18. The van der Waals surface area contributed by atoms with E-state index in [-0.39, 0.29) is 5.56 Å². The lowest BCUT2D eigenvalue weighted by Crippen LogP contribution is -2.42. The third-order valence-electron chi connectivity index (χ3n) is 2.87. The van der Waals surface area contributed by atoms with Crippen molar-refractivity contribution in [1.29, 1.82) is 0 Å². The summed E-state index contributed by atoms with van der Waals surface area (Å²) < 4.78 is 5.93. The van der Waals surface area contributed by atoms with Gasteiger partial charge in [-0.15, -0.1) is 0 Å². The van der Waals surface area contributed by atoms with Crippen LogP contribution in [0.4, 0.5) is 0 Å². The van der Waals surface area contributed by atoms with Crippen molar-refractivity contribution >= 4 is 27.7 Å². The van der Waals surface area contributed by atoms with Gasteiger partial charge in [-0.25, -0.2) is 10.9 Å². The molecule has 0 saturated carbocycles. The van der Waals surface area contributed by atoms with E-state index in [1.807, 2.05) is 0 Å². The van der Waals surface area contributed by atoms with Gasteiger partial charge in [0.15, 0.2) is 0 Å². The topological polar surface area (TPSA) is 72.6 Å². The van der Waals surface area contributed by atoms with E-state index in [4.69, 9.17) is 10.6 Å². The molecule has 0 heterocycles. The van der Waals surface area contributed by atoms with Gasteiger partial charge in [-0.1, -0.05) is 28.1 Å². The molecule has 6 heteroatoms. The predicted molar refractivity (Wildman–Crippen MR) is 81.8 cm³/mol. The summed E-state index contributed by atoms with van der Waals surface area (Å²) in [5.74, 6) is 4.81. The first-order valence-electron chi connectivity index (χ1n) is 6.06. The molecular weight excluding hydrogens is 336 g/mol. The van der Waals surface area contributed by atoms with E-state index >= 15 is 0 Å². The van der Waals surface area contributed by atoms with Crippen LogP contribution in [0, 0.1) is 0 Å². The van der Waals surface area contributed by atoms with Gasteiger partial charge in [0.05, 0.1) is 12.7 Å². The minimum absolute atomic E-state index is 0.230. The largest absolute Gasteiger partial charge is 0.496 e. The molecule has 0 bridgehead atoms. The molecule has 21 heavy (non-hydrogen) atoms. The minimum Gasteiger partial charge on any atom is -0.496 e. The predicted octanol–water partition coefficient (Wildman–Crippen LogP) is 2.61. The van der Waals surface area contributed by atoms with E-state index in [0.29, 0.717) is 16.3 Å². The first-order chi connectivity index (χ1) is 10.0. The number of carbonyl (C=O) groups excluding carboxylic acids is 2. The van der Waals surface area contributed by atoms with Crippen molar-refractivity contribution in [3.63, 3.8) is 0 Å². The third-order valence-corrected chi connectivity index (χ3v) is 3.39. The Bertz CT molecular complexity index is 671. The first-order valence-corrected chi connectivity index (χ1v) is 6.86. The second-order valence-electron chi connectivity index (χ2n) is 4.19. The molecule has 2 rings (SSSR count). The lowest BCUT2D eigenvalue weighted by molar-refractivity contribution is 0.0613. The monoisotopic (exact) mass is 348 g/mol. The van der Waals surface area contributed by atoms with E-state index < -0.39 is 11.8 Å². The first kappa shape index (κ1) is 15.2. The molecule has 0 aliphatic rings. The fourth-order valence-corrected chi connectivity index (χ4v) is 2.04. The molecule has 0 saturated heterocycles. The number of carbonyl (C=O) groups is 2. The highest BCUT2D eigenvalue weighted by Crippen LogP contribution is 2.19. The highest BCUT2D eigenvalue weighted by atomic mass is 79.9. The number of imide groups is 1. The molecule has 108 valence electrons. The second kappa shape index (κ2) is 6.51. The summed E-state index contributed by atoms with van der Waals surface area (Å²) in [6.07, 6.45) is 0. The van der Waals surface area contributed by atoms with E-state index in [0.717, 1.165) is 4.47 Å². The standard InChI is InChI=1S/C15H13BrN2O3/c1-21-13-5-3-2-4-12(13)15(20)18(17)14(19)10-6-8-11(16)9-7-10/h2-9H,17H2,1H3. The van der Waals surface area contributed by atoms with Crippen molar-refractivity contribution < 1.29 is 14.3 Å². The number of para-hydroxylation sites is 1. The van der Waals surface area contributed by atoms with Crippen LogP contribution in [-0.4, -0.2) is 23.9 Å². The van der Waals surface area contributed by atoms with E-state index in [2.05, 4.69) is 15.9 Å². The number of nitrogens with zero attached hydrogens (tertiary/aromatic N) is 1. The number of rotatable bonds is 3. The summed E-state index contributed by atoms with van der Waals surface area (Å²) in [6, 6.07) is 13.2. The van der Waals surface area contributed by atoms with E-state index in [1.165, 1.54) is 7.11 Å². The molecule has 0 aliphatic carbocycles. The van der Waals surface area contributed by atoms with Gasteiger partial charge in [0.2, 0.25) is 0 Å². The third kappa shape index (κ3) is 3.29. The van der Waals surface area contributed by atoms with Gasteiger partial charge in [0, 0.05) is 10.0 Å². The molecule has 5 nitrogen and oxygen atoms in total. The zero-order chi connectivity index (χ0) is 15.4. The maximum Gasteiger partial charge on any atom is 0.278 e. The normalized spacial score (nSPS) is 10.0. The number of halogens is 1. The van der Waals surface area contributed by atoms with Crippen molar-refractivity contribution in [2.75, 3.05) is 7.11 Å². The van der Waals surface area contributed by atoms with Crippen molar-refractivity contribution in [1.82, 2.24) is 5.01 Å². The van der Waals surface area contributed by atoms with Crippen LogP contribution in [0.15, 0.2) is 53.0 Å². The minimum atomic E-state index is -0.625. The highest BCUT2D eigenvalue weighted by Gasteiger charge is 2.23. The van der Waals surface area contributed by atoms with Gasteiger partial charge in [0.1, 0.15) is 5.75 Å². The van der Waals surface area contributed by atoms with Crippen LogP contribution in [0.25, 0.3) is 0 Å². The zero-order valence-electron chi connectivity index (χ0n) is 11.2. The Morgan fingerprint density at radius 2 is 1.67 bits per heavy atom. The molecule has 2 aromatic carbocycles. The number of hydrogen-bond acceptors (Lipinski definition) is 4. The second-order valence-corrected chi connectivity index (χ2v) is 5.10. The molecule has 2 amide bonds. The van der Waals surface area contributed by atoms with Gasteiger partial charge in [-0.05, 0) is 36.4 Å². The van der Waals surface area contributed by atoms with E-state index in [1.54, 1.807) is 48.5 Å². The van der Waals surface area contributed by atoms with Crippen molar-refractivity contribution in [2.24, 2.45) is 5.84 Å². The lowest BCUT2D eigenvalue weighted by atomic mass is 10.1. The number of methoxy groups -OCH3 is 1. The van der Waals surface area contributed by atoms with Gasteiger partial charge in [-0.2, -0.15) is 0 Å². The average Bonchev–Trinajstić information content (AvgIpc) is 2.53. The smallest absolute Gasteiger partial charge is 0.278 e. The van der Waals surface area contributed by atoms with E-state index in [9.17, 15) is 9.59 Å². The van der Waals surface area contributed by atoms with Crippen LogP contribution in [-0.2, 0) is 0 Å². The van der Waals surface area contributed by atoms with Gasteiger partial charge in [-0.3, -0.25) is 9.59 Å². The Labute approximate surface area is 130 Å². The Morgan fingerprint density at radius 3 is 2.29 bits per heavy atom. The van der Waals surface area contributed by atoms with Crippen molar-refractivity contribution in [2.45, 2.75) is 0 Å². The van der Waals surface area contributed by atoms with Crippen LogP contribution in [0.3, 0.4) is 0 Å². The number of ether oxygens (including phenoxy) is 1. The summed E-state index contributed by atoms with van der Waals surface area (Å²) in [5, 5.41) is 0.584. The van der Waals surface area contributed by atoms with Crippen LogP contribution in [0.5, 0.6) is 5.75 Å². The zero-order valence-corrected chi connectivity index (χ0v) is 12.8. The maximum atomic E-state index is 12.3. The summed E-state index contributed by atoms with van der Waals surface area (Å²) in [6.45, 7) is 0. The molecule has 0 spiro atoms. The number of hydrazine groups is 1. The Balaban J connectivity index is 2.26. The molecule has 2 aromatic rings. The molecule has 0 atom stereocenters. The SMILES string of the molecule is COc1ccccc1C(=O)N(N)C(=O)c1ccc(Br)cc1. The Morgan fingerprint density at radius 1 is 1.05 bits per heavy atom. The fourth-order valence-electron chi connectivity index (χ4n) is 1.77. The number of amides is 2. The maximum absolute atomic E-state index is 12.3. The molecule has 0 radical (unpaired) electrons. The van der Waals surface area contributed by atoms with Crippen LogP contribution >= 0.6 is 15.9 Å². The number of nitrogens with two attached hydrogens (primary N) is 1. The fraction of sp³-hybridized carbons (Fsp3) is 0.0667. The quantitative estimate of drug-likeness (QED) is 0.400. The summed E-state index contributed by atoms with van der Waals surface area (Å²) in [4.78, 5) is 24.5. The van der Waals surface area contributed by atoms with Gasteiger partial charge in [0.25, 0.3) is 11.8 Å². The summed E-state index contributed by atoms with van der Waals surface area (Å²) in [7, 11) is 1.45. The Kier molecular flexibility index (Phi) is 4.72. The molecule has 2 N–H and O–H groups in total. The van der Waals surface area contributed by atoms with Crippen molar-refractivity contribution in [3.05, 3.63) is 64.1 Å². The molecule has 0 aromatic heterocycles. The molecule has 0 unspecified atom stereocenters. The van der Waals surface area contributed by atoms with Gasteiger partial charge < -0.3 is 4.74 Å². The summed E-state index contributed by atoms with van der Waals surface area (Å²) >= 11 is 3.28. The van der Waals surface area contributed by atoms with Crippen LogP contribution < -0.4 is 10.6 Å². The highest BCUT2D eigenvalue weighted by molar-refractivity contribution is 9.10. The lowest BCUT2D eigenvalue weighted by Gasteiger charge is -2.16.